The van der Waals surface area contributed by atoms with E-state index in [1.807, 2.05) is 0 Å². The van der Waals surface area contributed by atoms with E-state index in [0.29, 0.717) is 6.04 Å². The Morgan fingerprint density at radius 2 is 2.05 bits per heavy atom. The highest BCUT2D eigenvalue weighted by molar-refractivity contribution is 5.94. The molecule has 3 N–H and O–H groups in total. The Hall–Kier alpha value is -1.88. The van der Waals surface area contributed by atoms with Crippen LogP contribution in [-0.4, -0.2) is 36.0 Å². The minimum Gasteiger partial charge on any atom is -0.351 e. The second kappa shape index (κ2) is 7.22. The first-order valence-corrected chi connectivity index (χ1v) is 7.50. The van der Waals surface area contributed by atoms with Crippen LogP contribution in [0.5, 0.6) is 0 Å². The number of nitrogens with two attached hydrogens (primary N) is 1. The number of benzene rings is 1. The monoisotopic (exact) mass is 289 g/mol. The summed E-state index contributed by atoms with van der Waals surface area (Å²) < 4.78 is 0. The third kappa shape index (κ3) is 4.29. The van der Waals surface area contributed by atoms with Crippen molar-refractivity contribution in [3.8, 4) is 0 Å². The third-order valence-corrected chi connectivity index (χ3v) is 3.96. The van der Waals surface area contributed by atoms with Crippen molar-refractivity contribution >= 4 is 11.9 Å². The lowest BCUT2D eigenvalue weighted by molar-refractivity contribution is -0.121. The molecule has 1 atom stereocenters. The van der Waals surface area contributed by atoms with Crippen LogP contribution in [0.3, 0.4) is 0 Å². The topological polar surface area (TPSA) is 75.4 Å². The number of imide groups is 1. The van der Waals surface area contributed by atoms with E-state index >= 15 is 0 Å². The number of nitrogens with zero attached hydrogens (tertiary/aromatic N) is 1. The summed E-state index contributed by atoms with van der Waals surface area (Å²) in [5, 5.41) is 2.15. The summed E-state index contributed by atoms with van der Waals surface area (Å²) >= 11 is 0. The highest BCUT2D eigenvalue weighted by atomic mass is 16.2. The summed E-state index contributed by atoms with van der Waals surface area (Å²) in [6, 6.07) is 8.03. The zero-order chi connectivity index (χ0) is 15.2. The highest BCUT2D eigenvalue weighted by Gasteiger charge is 2.25. The third-order valence-electron chi connectivity index (χ3n) is 3.96. The number of amides is 3. The van der Waals surface area contributed by atoms with Crippen molar-refractivity contribution in [2.75, 3.05) is 13.1 Å². The quantitative estimate of drug-likeness (QED) is 0.861. The van der Waals surface area contributed by atoms with E-state index in [-0.39, 0.29) is 12.5 Å². The Kier molecular flexibility index (Phi) is 5.33. The highest BCUT2D eigenvalue weighted by Crippen LogP contribution is 2.24. The number of hydrogen-bond acceptors (Lipinski definition) is 3. The van der Waals surface area contributed by atoms with Crippen LogP contribution in [0.4, 0.5) is 4.79 Å². The zero-order valence-electron chi connectivity index (χ0n) is 12.5. The van der Waals surface area contributed by atoms with E-state index in [2.05, 4.69) is 41.4 Å². The van der Waals surface area contributed by atoms with Gasteiger partial charge in [-0.1, -0.05) is 31.2 Å². The van der Waals surface area contributed by atoms with Gasteiger partial charge in [0, 0.05) is 6.04 Å². The largest absolute Gasteiger partial charge is 0.351 e. The first-order chi connectivity index (χ1) is 10.1. The van der Waals surface area contributed by atoms with Gasteiger partial charge in [-0.2, -0.15) is 0 Å². The standard InChI is InChI=1S/C16H23N3O2/c1-2-9-19(11-15(20)18-16(17)21)14-8-7-12-5-3-4-6-13(12)10-14/h3-6,14H,2,7-11H2,1H3,(H3,17,18,20,21). The lowest BCUT2D eigenvalue weighted by Gasteiger charge is -2.34. The summed E-state index contributed by atoms with van der Waals surface area (Å²) in [6.07, 6.45) is 4.02. The van der Waals surface area contributed by atoms with E-state index in [0.717, 1.165) is 32.2 Å². The van der Waals surface area contributed by atoms with E-state index < -0.39 is 6.03 Å². The summed E-state index contributed by atoms with van der Waals surface area (Å²) in [6.45, 7) is 3.17. The van der Waals surface area contributed by atoms with Crippen molar-refractivity contribution in [1.82, 2.24) is 10.2 Å². The second-order valence-electron chi connectivity index (χ2n) is 5.55. The number of aryl methyl sites for hydroxylation is 1. The number of rotatable bonds is 5. The van der Waals surface area contributed by atoms with Crippen molar-refractivity contribution in [2.45, 2.75) is 38.6 Å². The van der Waals surface area contributed by atoms with Crippen LogP contribution >= 0.6 is 0 Å². The molecule has 0 fully saturated rings. The zero-order valence-corrected chi connectivity index (χ0v) is 12.5. The molecule has 0 aromatic heterocycles. The van der Waals surface area contributed by atoms with E-state index in [4.69, 9.17) is 5.73 Å². The molecule has 3 amide bonds. The van der Waals surface area contributed by atoms with Gasteiger partial charge in [0.15, 0.2) is 0 Å². The smallest absolute Gasteiger partial charge is 0.318 e. The van der Waals surface area contributed by atoms with Gasteiger partial charge in [0.2, 0.25) is 5.91 Å². The molecule has 5 heteroatoms. The maximum absolute atomic E-state index is 11.8. The average Bonchev–Trinajstić information content (AvgIpc) is 2.45. The molecule has 0 aliphatic heterocycles. The molecule has 0 saturated heterocycles. The molecule has 0 radical (unpaired) electrons. The molecule has 1 aliphatic carbocycles. The number of hydrogen-bond donors (Lipinski definition) is 2. The van der Waals surface area contributed by atoms with Gasteiger partial charge in [0.25, 0.3) is 0 Å². The molecule has 1 aromatic carbocycles. The Balaban J connectivity index is 2.02. The fourth-order valence-corrected chi connectivity index (χ4v) is 3.03. The van der Waals surface area contributed by atoms with Crippen LogP contribution in [0.15, 0.2) is 24.3 Å². The molecule has 1 aromatic rings. The molecular weight excluding hydrogens is 266 g/mol. The van der Waals surface area contributed by atoms with Crippen molar-refractivity contribution in [3.63, 3.8) is 0 Å². The Bertz CT molecular complexity index is 516. The van der Waals surface area contributed by atoms with Crippen LogP contribution in [-0.2, 0) is 17.6 Å². The Labute approximate surface area is 125 Å². The molecule has 0 spiro atoms. The number of carbonyl (C=O) groups excluding carboxylic acids is 2. The van der Waals surface area contributed by atoms with Gasteiger partial charge >= 0.3 is 6.03 Å². The maximum atomic E-state index is 11.8. The molecular formula is C16H23N3O2. The molecule has 0 saturated carbocycles. The summed E-state index contributed by atoms with van der Waals surface area (Å²) in [5.74, 6) is -0.324. The van der Waals surface area contributed by atoms with Crippen molar-refractivity contribution in [2.24, 2.45) is 5.73 Å². The predicted molar refractivity (Wildman–Crippen MR) is 81.8 cm³/mol. The number of carbonyl (C=O) groups is 2. The van der Waals surface area contributed by atoms with Gasteiger partial charge in [-0.05, 0) is 43.4 Å². The lowest BCUT2D eigenvalue weighted by atomic mass is 9.87. The van der Waals surface area contributed by atoms with Gasteiger partial charge in [-0.25, -0.2) is 4.79 Å². The van der Waals surface area contributed by atoms with Crippen LogP contribution < -0.4 is 11.1 Å². The molecule has 114 valence electrons. The van der Waals surface area contributed by atoms with E-state index in [1.165, 1.54) is 11.1 Å². The normalized spacial score (nSPS) is 17.3. The average molecular weight is 289 g/mol. The Morgan fingerprint density at radius 3 is 2.71 bits per heavy atom. The second-order valence-corrected chi connectivity index (χ2v) is 5.55. The first kappa shape index (κ1) is 15.5. The molecule has 2 rings (SSSR count). The number of nitrogens with one attached hydrogen (secondary N) is 1. The molecule has 0 bridgehead atoms. The molecule has 1 aliphatic rings. The minimum absolute atomic E-state index is 0.226. The molecule has 0 heterocycles. The number of fused-ring (bicyclic) bond motifs is 1. The molecule has 5 nitrogen and oxygen atoms in total. The van der Waals surface area contributed by atoms with Crippen LogP contribution in [0.2, 0.25) is 0 Å². The minimum atomic E-state index is -0.787. The van der Waals surface area contributed by atoms with Crippen molar-refractivity contribution in [3.05, 3.63) is 35.4 Å². The Morgan fingerprint density at radius 1 is 1.33 bits per heavy atom. The predicted octanol–water partition coefficient (Wildman–Crippen LogP) is 1.45. The van der Waals surface area contributed by atoms with E-state index in [1.54, 1.807) is 0 Å². The van der Waals surface area contributed by atoms with Gasteiger partial charge < -0.3 is 5.73 Å². The molecule has 21 heavy (non-hydrogen) atoms. The fourth-order valence-electron chi connectivity index (χ4n) is 3.03. The van der Waals surface area contributed by atoms with Gasteiger partial charge in [0.05, 0.1) is 6.54 Å². The van der Waals surface area contributed by atoms with Crippen LogP contribution in [0, 0.1) is 0 Å². The maximum Gasteiger partial charge on any atom is 0.318 e. The van der Waals surface area contributed by atoms with Gasteiger partial charge in [-0.15, -0.1) is 0 Å². The first-order valence-electron chi connectivity index (χ1n) is 7.50. The SMILES string of the molecule is CCCN(CC(=O)NC(N)=O)C1CCc2ccccc2C1. The molecule has 1 unspecified atom stereocenters. The summed E-state index contributed by atoms with van der Waals surface area (Å²) in [4.78, 5) is 24.7. The van der Waals surface area contributed by atoms with Crippen molar-refractivity contribution < 1.29 is 9.59 Å². The van der Waals surface area contributed by atoms with E-state index in [9.17, 15) is 9.59 Å². The van der Waals surface area contributed by atoms with Crippen LogP contribution in [0.1, 0.15) is 30.9 Å². The van der Waals surface area contributed by atoms with Crippen LogP contribution in [0.25, 0.3) is 0 Å². The number of primary amides is 1. The summed E-state index contributed by atoms with van der Waals surface area (Å²) in [7, 11) is 0. The van der Waals surface area contributed by atoms with Gasteiger partial charge in [-0.3, -0.25) is 15.0 Å². The van der Waals surface area contributed by atoms with Gasteiger partial charge in [0.1, 0.15) is 0 Å². The number of urea groups is 1. The fraction of sp³-hybridized carbons (Fsp3) is 0.500. The van der Waals surface area contributed by atoms with Crippen molar-refractivity contribution in [1.29, 1.82) is 0 Å². The summed E-state index contributed by atoms with van der Waals surface area (Å²) in [5.41, 5.74) is 7.77. The lowest BCUT2D eigenvalue weighted by Crippen LogP contribution is -2.47.